The molecule has 0 aliphatic rings. The maximum atomic E-state index is 11.8. The highest BCUT2D eigenvalue weighted by atomic mass is 16.5. The van der Waals surface area contributed by atoms with Crippen LogP contribution in [-0.2, 0) is 0 Å². The molecule has 0 bridgehead atoms. The zero-order valence-electron chi connectivity index (χ0n) is 12.3. The molecule has 1 aromatic heterocycles. The molecule has 0 saturated heterocycles. The van der Waals surface area contributed by atoms with Gasteiger partial charge in [-0.3, -0.25) is 10.3 Å². The Balaban J connectivity index is 1.92. The minimum Gasteiger partial charge on any atom is -0.488 e. The molecule has 2 amide bonds. The summed E-state index contributed by atoms with van der Waals surface area (Å²) >= 11 is 0. The molecule has 6 nitrogen and oxygen atoms in total. The third-order valence-corrected chi connectivity index (χ3v) is 2.34. The molecule has 0 saturated carbocycles. The maximum Gasteiger partial charge on any atom is 0.324 e. The lowest BCUT2D eigenvalue weighted by atomic mass is 10.2. The Bertz CT molecular complexity index is 591. The summed E-state index contributed by atoms with van der Waals surface area (Å²) < 4.78 is 5.71. The van der Waals surface area contributed by atoms with Crippen LogP contribution in [0.1, 0.15) is 20.8 Å². The molecular weight excluding hydrogens is 268 g/mol. The Labute approximate surface area is 123 Å². The smallest absolute Gasteiger partial charge is 0.324 e. The van der Waals surface area contributed by atoms with Crippen molar-refractivity contribution in [3.8, 4) is 5.75 Å². The topological polar surface area (TPSA) is 76.1 Å². The summed E-state index contributed by atoms with van der Waals surface area (Å²) in [5.41, 5.74) is 0.413. The molecule has 1 aromatic carbocycles. The quantitative estimate of drug-likeness (QED) is 0.907. The van der Waals surface area contributed by atoms with E-state index in [1.54, 1.807) is 12.1 Å². The number of hydrogen-bond acceptors (Lipinski definition) is 4. The molecule has 0 aliphatic carbocycles. The fourth-order valence-electron chi connectivity index (χ4n) is 1.60. The number of rotatable bonds is 3. The minimum absolute atomic E-state index is 0.252. The number of nitrogens with one attached hydrogen (secondary N) is 2. The average molecular weight is 286 g/mol. The molecule has 0 radical (unpaired) electrons. The zero-order chi connectivity index (χ0) is 15.3. The monoisotopic (exact) mass is 286 g/mol. The molecule has 6 heteroatoms. The molecule has 0 atom stereocenters. The van der Waals surface area contributed by atoms with Crippen LogP contribution in [0.3, 0.4) is 0 Å². The SMILES string of the molecule is CC(C)(C)Oc1ccc(NC(=O)Nc2cnccn2)cc1. The number of hydrogen-bond donors (Lipinski definition) is 2. The lowest BCUT2D eigenvalue weighted by molar-refractivity contribution is 0.131. The van der Waals surface area contributed by atoms with Crippen LogP contribution in [-0.4, -0.2) is 21.6 Å². The molecule has 0 fully saturated rings. The van der Waals surface area contributed by atoms with Crippen molar-refractivity contribution in [1.82, 2.24) is 9.97 Å². The lowest BCUT2D eigenvalue weighted by Crippen LogP contribution is -2.23. The van der Waals surface area contributed by atoms with Crippen LogP contribution in [0.2, 0.25) is 0 Å². The Hall–Kier alpha value is -2.63. The fourth-order valence-corrected chi connectivity index (χ4v) is 1.60. The molecule has 1 heterocycles. The molecule has 2 N–H and O–H groups in total. The van der Waals surface area contributed by atoms with Gasteiger partial charge in [0.2, 0.25) is 0 Å². The highest BCUT2D eigenvalue weighted by Crippen LogP contribution is 2.20. The standard InChI is InChI=1S/C15H18N4O2/c1-15(2,3)21-12-6-4-11(5-7-12)18-14(20)19-13-10-16-8-9-17-13/h4-10H,1-3H3,(H2,17,18,19,20). The number of urea groups is 1. The maximum absolute atomic E-state index is 11.8. The summed E-state index contributed by atoms with van der Waals surface area (Å²) in [6.45, 7) is 5.94. The number of carbonyl (C=O) groups excluding carboxylic acids is 1. The van der Waals surface area contributed by atoms with E-state index >= 15 is 0 Å². The molecule has 110 valence electrons. The van der Waals surface area contributed by atoms with Gasteiger partial charge < -0.3 is 10.1 Å². The van der Waals surface area contributed by atoms with Gasteiger partial charge in [0.1, 0.15) is 11.4 Å². The van der Waals surface area contributed by atoms with Crippen molar-refractivity contribution in [3.05, 3.63) is 42.9 Å². The van der Waals surface area contributed by atoms with Crippen molar-refractivity contribution in [2.45, 2.75) is 26.4 Å². The second kappa shape index (κ2) is 6.21. The third kappa shape index (κ3) is 5.10. The molecule has 0 aliphatic heterocycles. The Morgan fingerprint density at radius 1 is 1.10 bits per heavy atom. The van der Waals surface area contributed by atoms with Crippen molar-refractivity contribution in [1.29, 1.82) is 0 Å². The number of amides is 2. The van der Waals surface area contributed by atoms with Crippen LogP contribution < -0.4 is 15.4 Å². The van der Waals surface area contributed by atoms with Crippen LogP contribution in [0.4, 0.5) is 16.3 Å². The van der Waals surface area contributed by atoms with Gasteiger partial charge in [0, 0.05) is 18.1 Å². The van der Waals surface area contributed by atoms with Gasteiger partial charge in [0.15, 0.2) is 5.82 Å². The first-order chi connectivity index (χ1) is 9.92. The second-order valence-corrected chi connectivity index (χ2v) is 5.41. The number of ether oxygens (including phenoxy) is 1. The van der Waals surface area contributed by atoms with Crippen LogP contribution in [0, 0.1) is 0 Å². The summed E-state index contributed by atoms with van der Waals surface area (Å²) in [5, 5.41) is 5.30. The first-order valence-corrected chi connectivity index (χ1v) is 6.55. The first kappa shape index (κ1) is 14.8. The van der Waals surface area contributed by atoms with Crippen molar-refractivity contribution in [2.75, 3.05) is 10.6 Å². The van der Waals surface area contributed by atoms with E-state index in [1.807, 2.05) is 32.9 Å². The summed E-state index contributed by atoms with van der Waals surface area (Å²) in [4.78, 5) is 19.6. The van der Waals surface area contributed by atoms with Gasteiger partial charge >= 0.3 is 6.03 Å². The number of aromatic nitrogens is 2. The van der Waals surface area contributed by atoms with E-state index in [0.29, 0.717) is 11.5 Å². The van der Waals surface area contributed by atoms with E-state index in [4.69, 9.17) is 4.74 Å². The van der Waals surface area contributed by atoms with Crippen LogP contribution in [0.15, 0.2) is 42.9 Å². The third-order valence-electron chi connectivity index (χ3n) is 2.34. The summed E-state index contributed by atoms with van der Waals surface area (Å²) in [7, 11) is 0. The van der Waals surface area contributed by atoms with E-state index in [9.17, 15) is 4.79 Å². The van der Waals surface area contributed by atoms with Gasteiger partial charge in [-0.1, -0.05) is 0 Å². The molecule has 0 spiro atoms. The predicted molar refractivity (Wildman–Crippen MR) is 81.5 cm³/mol. The molecule has 21 heavy (non-hydrogen) atoms. The van der Waals surface area contributed by atoms with Crippen molar-refractivity contribution in [2.24, 2.45) is 0 Å². The summed E-state index contributed by atoms with van der Waals surface area (Å²) in [6.07, 6.45) is 4.52. The lowest BCUT2D eigenvalue weighted by Gasteiger charge is -2.21. The van der Waals surface area contributed by atoms with Crippen LogP contribution >= 0.6 is 0 Å². The van der Waals surface area contributed by atoms with Gasteiger partial charge in [0.05, 0.1) is 6.20 Å². The van der Waals surface area contributed by atoms with E-state index in [1.165, 1.54) is 18.6 Å². The van der Waals surface area contributed by atoms with E-state index < -0.39 is 0 Å². The number of benzene rings is 1. The summed E-state index contributed by atoms with van der Waals surface area (Å²) in [5.74, 6) is 1.14. The van der Waals surface area contributed by atoms with Gasteiger partial charge in [-0.05, 0) is 45.0 Å². The number of nitrogens with zero attached hydrogens (tertiary/aromatic N) is 2. The van der Waals surface area contributed by atoms with Gasteiger partial charge in [-0.25, -0.2) is 9.78 Å². The van der Waals surface area contributed by atoms with Crippen LogP contribution in [0.25, 0.3) is 0 Å². The van der Waals surface area contributed by atoms with Crippen molar-refractivity contribution < 1.29 is 9.53 Å². The fraction of sp³-hybridized carbons (Fsp3) is 0.267. The minimum atomic E-state index is -0.375. The van der Waals surface area contributed by atoms with E-state index in [2.05, 4.69) is 20.6 Å². The Kier molecular flexibility index (Phi) is 4.37. The Morgan fingerprint density at radius 2 is 1.81 bits per heavy atom. The predicted octanol–water partition coefficient (Wildman–Crippen LogP) is 3.30. The second-order valence-electron chi connectivity index (χ2n) is 5.41. The van der Waals surface area contributed by atoms with Crippen LogP contribution in [0.5, 0.6) is 5.75 Å². The summed E-state index contributed by atoms with van der Waals surface area (Å²) in [6, 6.07) is 6.79. The first-order valence-electron chi connectivity index (χ1n) is 6.55. The highest BCUT2D eigenvalue weighted by molar-refractivity contribution is 5.99. The van der Waals surface area contributed by atoms with Gasteiger partial charge in [-0.15, -0.1) is 0 Å². The average Bonchev–Trinajstić information content (AvgIpc) is 2.40. The largest absolute Gasteiger partial charge is 0.488 e. The molecule has 0 unspecified atom stereocenters. The molecule has 2 aromatic rings. The zero-order valence-corrected chi connectivity index (χ0v) is 12.3. The van der Waals surface area contributed by atoms with Crippen molar-refractivity contribution in [3.63, 3.8) is 0 Å². The van der Waals surface area contributed by atoms with Crippen molar-refractivity contribution >= 4 is 17.5 Å². The molecular formula is C15H18N4O2. The van der Waals surface area contributed by atoms with Gasteiger partial charge in [0.25, 0.3) is 0 Å². The van der Waals surface area contributed by atoms with Gasteiger partial charge in [-0.2, -0.15) is 0 Å². The van der Waals surface area contributed by atoms with E-state index in [-0.39, 0.29) is 11.6 Å². The molecule has 2 rings (SSSR count). The van der Waals surface area contributed by atoms with E-state index in [0.717, 1.165) is 5.75 Å². The number of carbonyl (C=O) groups is 1. The number of anilines is 2. The normalized spacial score (nSPS) is 10.8. The Morgan fingerprint density at radius 3 is 2.38 bits per heavy atom. The highest BCUT2D eigenvalue weighted by Gasteiger charge is 2.11.